The number of hydrogen-bond acceptors (Lipinski definition) is 3. The second-order valence-corrected chi connectivity index (χ2v) is 6.64. The highest BCUT2D eigenvalue weighted by Gasteiger charge is 2.16. The van der Waals surface area contributed by atoms with Gasteiger partial charge in [-0.25, -0.2) is 0 Å². The molecule has 1 N–H and O–H groups in total. The lowest BCUT2D eigenvalue weighted by Crippen LogP contribution is -2.12. The minimum atomic E-state index is 0.352. The summed E-state index contributed by atoms with van der Waals surface area (Å²) in [5.74, 6) is 1.18. The Morgan fingerprint density at radius 1 is 1.10 bits per heavy atom. The van der Waals surface area contributed by atoms with Gasteiger partial charge in [-0.15, -0.1) is 0 Å². The first-order valence-electron chi connectivity index (χ1n) is 7.61. The second kappa shape index (κ2) is 6.02. The average molecular weight is 286 g/mol. The van der Waals surface area contributed by atoms with Gasteiger partial charge in [-0.2, -0.15) is 0 Å². The Balaban J connectivity index is 2.75. The lowest BCUT2D eigenvalue weighted by Gasteiger charge is -2.19. The van der Waals surface area contributed by atoms with Crippen molar-refractivity contribution in [1.29, 1.82) is 0 Å². The van der Waals surface area contributed by atoms with Gasteiger partial charge in [0.2, 0.25) is 0 Å². The highest BCUT2D eigenvalue weighted by Crippen LogP contribution is 2.33. The van der Waals surface area contributed by atoms with Crippen molar-refractivity contribution in [2.24, 2.45) is 0 Å². The number of pyridine rings is 1. The first kappa shape index (κ1) is 15.8. The Hall–Kier alpha value is -1.61. The van der Waals surface area contributed by atoms with Crippen molar-refractivity contribution < 1.29 is 5.11 Å². The molecule has 0 atom stereocenters. The Morgan fingerprint density at radius 2 is 1.76 bits per heavy atom. The zero-order valence-corrected chi connectivity index (χ0v) is 13.9. The molecule has 0 unspecified atom stereocenters. The van der Waals surface area contributed by atoms with E-state index < -0.39 is 0 Å². The molecule has 0 saturated heterocycles. The van der Waals surface area contributed by atoms with E-state index >= 15 is 0 Å². The first-order valence-corrected chi connectivity index (χ1v) is 7.61. The van der Waals surface area contributed by atoms with Gasteiger partial charge in [-0.1, -0.05) is 27.7 Å². The van der Waals surface area contributed by atoms with Crippen molar-refractivity contribution in [3.8, 4) is 5.75 Å². The number of phenols is 1. The summed E-state index contributed by atoms with van der Waals surface area (Å²) >= 11 is 0. The molecule has 114 valence electrons. The van der Waals surface area contributed by atoms with E-state index in [1.165, 1.54) is 11.3 Å². The van der Waals surface area contributed by atoms with Crippen LogP contribution in [0.3, 0.4) is 0 Å². The van der Waals surface area contributed by atoms with Gasteiger partial charge >= 0.3 is 0 Å². The predicted octanol–water partition coefficient (Wildman–Crippen LogP) is 4.25. The zero-order chi connectivity index (χ0) is 15.7. The number of fused-ring (bicyclic) bond motifs is 1. The van der Waals surface area contributed by atoms with E-state index in [4.69, 9.17) is 4.98 Å². The molecule has 0 saturated carbocycles. The van der Waals surface area contributed by atoms with Crippen molar-refractivity contribution in [2.75, 3.05) is 14.1 Å². The minimum absolute atomic E-state index is 0.352. The normalized spacial score (nSPS) is 12.0. The number of hydrogen-bond donors (Lipinski definition) is 1. The van der Waals surface area contributed by atoms with Crippen molar-refractivity contribution >= 4 is 10.9 Å². The van der Waals surface area contributed by atoms with Crippen molar-refractivity contribution in [3.05, 3.63) is 35.0 Å². The molecule has 3 heteroatoms. The molecule has 1 aromatic carbocycles. The van der Waals surface area contributed by atoms with Gasteiger partial charge in [0.25, 0.3) is 0 Å². The summed E-state index contributed by atoms with van der Waals surface area (Å²) in [5.41, 5.74) is 4.38. The van der Waals surface area contributed by atoms with Crippen LogP contribution in [0.15, 0.2) is 18.2 Å². The van der Waals surface area contributed by atoms with Crippen LogP contribution in [0, 0.1) is 0 Å². The predicted molar refractivity (Wildman–Crippen MR) is 89.0 cm³/mol. The third kappa shape index (κ3) is 3.18. The maximum atomic E-state index is 10.2. The van der Waals surface area contributed by atoms with Crippen molar-refractivity contribution in [1.82, 2.24) is 9.88 Å². The molecule has 0 fully saturated rings. The maximum absolute atomic E-state index is 10.2. The molecule has 0 amide bonds. The quantitative estimate of drug-likeness (QED) is 0.913. The summed E-state index contributed by atoms with van der Waals surface area (Å²) < 4.78 is 0. The van der Waals surface area contributed by atoms with E-state index in [0.717, 1.165) is 16.5 Å². The number of nitrogens with zero attached hydrogens (tertiary/aromatic N) is 2. The number of rotatable bonds is 4. The molecule has 21 heavy (non-hydrogen) atoms. The highest BCUT2D eigenvalue weighted by atomic mass is 16.3. The molecule has 0 aliphatic heterocycles. The summed E-state index contributed by atoms with van der Waals surface area (Å²) in [7, 11) is 4.02. The summed E-state index contributed by atoms with van der Waals surface area (Å²) in [6.07, 6.45) is 0. The molecule has 3 nitrogen and oxygen atoms in total. The largest absolute Gasteiger partial charge is 0.508 e. The summed E-state index contributed by atoms with van der Waals surface area (Å²) in [5, 5.41) is 11.3. The molecule has 1 heterocycles. The summed E-state index contributed by atoms with van der Waals surface area (Å²) in [6, 6.07) is 5.90. The number of phenolic OH excluding ortho intramolecular Hbond substituents is 1. The summed E-state index contributed by atoms with van der Waals surface area (Å²) in [6.45, 7) is 9.47. The molecule has 0 aliphatic rings. The fourth-order valence-corrected chi connectivity index (χ4v) is 2.73. The molecule has 0 bridgehead atoms. The zero-order valence-electron chi connectivity index (χ0n) is 13.9. The van der Waals surface area contributed by atoms with Crippen LogP contribution in [-0.4, -0.2) is 29.1 Å². The van der Waals surface area contributed by atoms with Gasteiger partial charge in [0, 0.05) is 23.2 Å². The van der Waals surface area contributed by atoms with Crippen LogP contribution in [0.2, 0.25) is 0 Å². The Morgan fingerprint density at radius 3 is 2.29 bits per heavy atom. The van der Waals surface area contributed by atoms with Gasteiger partial charge in [0.15, 0.2) is 0 Å². The molecule has 2 rings (SSSR count). The molecular formula is C18H26N2O. The van der Waals surface area contributed by atoms with Crippen LogP contribution >= 0.6 is 0 Å². The molecule has 0 spiro atoms. The Kier molecular flexibility index (Phi) is 4.52. The molecule has 2 aromatic rings. The standard InChI is InChI=1S/C18H26N2O/c1-11(2)13-9-14-15(10-20(5)6)17(21)8-7-16(14)19-18(13)12(3)4/h7-9,11-12,21H,10H2,1-6H3. The topological polar surface area (TPSA) is 36.4 Å². The number of aromatic nitrogens is 1. The van der Waals surface area contributed by atoms with Gasteiger partial charge in [0.05, 0.1) is 5.52 Å². The van der Waals surface area contributed by atoms with E-state index in [0.29, 0.717) is 24.1 Å². The first-order chi connectivity index (χ1) is 9.81. The van der Waals surface area contributed by atoms with Gasteiger partial charge < -0.3 is 10.0 Å². The fraction of sp³-hybridized carbons (Fsp3) is 0.500. The third-order valence-corrected chi connectivity index (χ3v) is 3.79. The molecule has 1 aromatic heterocycles. The monoisotopic (exact) mass is 286 g/mol. The van der Waals surface area contributed by atoms with Gasteiger partial charge in [-0.3, -0.25) is 4.98 Å². The van der Waals surface area contributed by atoms with Crippen molar-refractivity contribution in [3.63, 3.8) is 0 Å². The van der Waals surface area contributed by atoms with Crippen LogP contribution in [0.5, 0.6) is 5.75 Å². The van der Waals surface area contributed by atoms with E-state index in [1.54, 1.807) is 6.07 Å². The van der Waals surface area contributed by atoms with E-state index in [1.807, 2.05) is 20.2 Å². The maximum Gasteiger partial charge on any atom is 0.120 e. The number of benzene rings is 1. The molecule has 0 aliphatic carbocycles. The van der Waals surface area contributed by atoms with E-state index in [9.17, 15) is 5.11 Å². The van der Waals surface area contributed by atoms with E-state index in [2.05, 4.69) is 38.7 Å². The van der Waals surface area contributed by atoms with Crippen molar-refractivity contribution in [2.45, 2.75) is 46.1 Å². The average Bonchev–Trinajstić information content (AvgIpc) is 2.40. The minimum Gasteiger partial charge on any atom is -0.508 e. The number of aromatic hydroxyl groups is 1. The fourth-order valence-electron chi connectivity index (χ4n) is 2.73. The van der Waals surface area contributed by atoms with Gasteiger partial charge in [-0.05, 0) is 49.7 Å². The molecular weight excluding hydrogens is 260 g/mol. The Labute approximate surface area is 127 Å². The van der Waals surface area contributed by atoms with Crippen LogP contribution in [0.4, 0.5) is 0 Å². The summed E-state index contributed by atoms with van der Waals surface area (Å²) in [4.78, 5) is 6.94. The van der Waals surface area contributed by atoms with E-state index in [-0.39, 0.29) is 0 Å². The Bertz CT molecular complexity index is 645. The van der Waals surface area contributed by atoms with Gasteiger partial charge in [0.1, 0.15) is 5.75 Å². The molecule has 0 radical (unpaired) electrons. The van der Waals surface area contributed by atoms with Crippen LogP contribution < -0.4 is 0 Å². The van der Waals surface area contributed by atoms with Crippen LogP contribution in [-0.2, 0) is 6.54 Å². The lowest BCUT2D eigenvalue weighted by molar-refractivity contribution is 0.388. The third-order valence-electron chi connectivity index (χ3n) is 3.79. The highest BCUT2D eigenvalue weighted by molar-refractivity contribution is 5.85. The smallest absolute Gasteiger partial charge is 0.120 e. The van der Waals surface area contributed by atoms with Crippen LogP contribution in [0.1, 0.15) is 56.4 Å². The lowest BCUT2D eigenvalue weighted by atomic mass is 9.92. The second-order valence-electron chi connectivity index (χ2n) is 6.64. The van der Waals surface area contributed by atoms with Crippen LogP contribution in [0.25, 0.3) is 10.9 Å². The SMILES string of the molecule is CC(C)c1cc2c(CN(C)C)c(O)ccc2nc1C(C)C.